The third kappa shape index (κ3) is 3.80. The maximum Gasteiger partial charge on any atom is 0.0472 e. The van der Waals surface area contributed by atoms with E-state index in [9.17, 15) is 0 Å². The first-order chi connectivity index (χ1) is 5.43. The largest absolute Gasteiger partial charge is 0.287 e. The summed E-state index contributed by atoms with van der Waals surface area (Å²) in [5.74, 6) is 3.81. The lowest BCUT2D eigenvalue weighted by molar-refractivity contribution is 0.724. The van der Waals surface area contributed by atoms with Gasteiger partial charge in [0.15, 0.2) is 0 Å². The number of hydrogen-bond acceptors (Lipinski definition) is 1. The van der Waals surface area contributed by atoms with Crippen molar-refractivity contribution in [3.63, 3.8) is 0 Å². The first kappa shape index (κ1) is 9.11. The van der Waals surface area contributed by atoms with E-state index in [-0.39, 0.29) is 10.9 Å². The van der Waals surface area contributed by atoms with Gasteiger partial charge in [0.1, 0.15) is 0 Å². The van der Waals surface area contributed by atoms with Gasteiger partial charge in [-0.2, -0.15) is 0 Å². The topological polar surface area (TPSA) is 12.4 Å². The minimum atomic E-state index is 0.122. The third-order valence-corrected chi connectivity index (χ3v) is 3.79. The lowest BCUT2D eigenvalue weighted by Gasteiger charge is -2.08. The summed E-state index contributed by atoms with van der Waals surface area (Å²) < 4.78 is 0. The van der Waals surface area contributed by atoms with Crippen LogP contribution in [0.3, 0.4) is 0 Å². The third-order valence-electron chi connectivity index (χ3n) is 1.89. The highest BCUT2D eigenvalue weighted by Gasteiger charge is 2.04. The molecule has 0 aliphatic carbocycles. The summed E-state index contributed by atoms with van der Waals surface area (Å²) in [4.78, 5) is 4.24. The van der Waals surface area contributed by atoms with Crippen LogP contribution < -0.4 is 0 Å². The molecule has 1 aliphatic rings. The zero-order valence-corrected chi connectivity index (χ0v) is 8.19. The first-order valence-electron chi connectivity index (χ1n) is 4.52. The normalized spacial score (nSPS) is 26.1. The van der Waals surface area contributed by atoms with Crippen LogP contribution in [0.1, 0.15) is 32.6 Å². The zero-order valence-electron chi connectivity index (χ0n) is 7.29. The molecule has 1 unspecified atom stereocenters. The van der Waals surface area contributed by atoms with Crippen LogP contribution in [0.25, 0.3) is 0 Å². The van der Waals surface area contributed by atoms with E-state index in [4.69, 9.17) is 0 Å². The number of nitrogens with zero attached hydrogens (tertiary/aromatic N) is 1. The minimum absolute atomic E-state index is 0.122. The van der Waals surface area contributed by atoms with Crippen molar-refractivity contribution in [2.75, 3.05) is 12.3 Å². The van der Waals surface area contributed by atoms with Crippen LogP contribution in [0.2, 0.25) is 0 Å². The number of thiol groups is 1. The predicted octanol–water partition coefficient (Wildman–Crippen LogP) is 2.77. The van der Waals surface area contributed by atoms with E-state index < -0.39 is 0 Å². The second kappa shape index (κ2) is 5.64. The van der Waals surface area contributed by atoms with E-state index in [1.165, 1.54) is 31.4 Å². The monoisotopic (exact) mass is 172 g/mol. The smallest absolute Gasteiger partial charge is 0.0472 e. The van der Waals surface area contributed by atoms with Crippen molar-refractivity contribution >= 4 is 16.4 Å². The molecule has 0 aromatic rings. The van der Waals surface area contributed by atoms with Gasteiger partial charge in [-0.25, -0.2) is 10.9 Å². The number of aliphatic imine (C=N–C) groups is 1. The molecule has 65 valence electrons. The van der Waals surface area contributed by atoms with Gasteiger partial charge < -0.3 is 0 Å². The van der Waals surface area contributed by atoms with Crippen molar-refractivity contribution in [1.82, 2.24) is 0 Å². The Labute approximate surface area is 72.6 Å². The molecule has 0 aromatic heterocycles. The van der Waals surface area contributed by atoms with Crippen LogP contribution in [-0.2, 0) is 0 Å². The van der Waals surface area contributed by atoms with Gasteiger partial charge in [0.2, 0.25) is 0 Å². The van der Waals surface area contributed by atoms with Gasteiger partial charge in [-0.1, -0.05) is 26.2 Å². The molecule has 0 spiro atoms. The Balaban J connectivity index is 1.90. The van der Waals surface area contributed by atoms with Crippen LogP contribution in [0, 0.1) is 5.75 Å². The summed E-state index contributed by atoms with van der Waals surface area (Å²) in [6, 6.07) is 0. The molecule has 1 aliphatic heterocycles. The summed E-state index contributed by atoms with van der Waals surface area (Å²) in [7, 11) is 0.122. The Morgan fingerprint density at radius 1 is 1.55 bits per heavy atom. The van der Waals surface area contributed by atoms with E-state index in [1.54, 1.807) is 0 Å². The predicted molar refractivity (Wildman–Crippen MR) is 55.7 cm³/mol. The van der Waals surface area contributed by atoms with Gasteiger partial charge in [-0.05, 0) is 12.2 Å². The Kier molecular flexibility index (Phi) is 4.67. The van der Waals surface area contributed by atoms with Crippen LogP contribution >= 0.6 is 10.9 Å². The fourth-order valence-electron chi connectivity index (χ4n) is 1.18. The average molecular weight is 172 g/mol. The molecular formula is C9H18NS. The molecule has 11 heavy (non-hydrogen) atoms. The molecule has 1 heterocycles. The van der Waals surface area contributed by atoms with E-state index in [1.807, 2.05) is 0 Å². The Hall–Kier alpha value is 0.0200. The van der Waals surface area contributed by atoms with Crippen molar-refractivity contribution in [2.45, 2.75) is 32.6 Å². The van der Waals surface area contributed by atoms with Gasteiger partial charge in [-0.3, -0.25) is 4.99 Å². The first-order valence-corrected chi connectivity index (χ1v) is 6.19. The van der Waals surface area contributed by atoms with Crippen molar-refractivity contribution in [3.05, 3.63) is 5.75 Å². The summed E-state index contributed by atoms with van der Waals surface area (Å²) in [5.41, 5.74) is 2.17. The molecular weight excluding hydrogens is 154 g/mol. The molecule has 0 bridgehead atoms. The molecule has 0 amide bonds. The molecule has 0 N–H and O–H groups in total. The minimum Gasteiger partial charge on any atom is -0.287 e. The number of rotatable bonds is 5. The molecule has 1 rings (SSSR count). The number of hydrogen-bond donors (Lipinski definition) is 1. The van der Waals surface area contributed by atoms with Crippen molar-refractivity contribution in [1.29, 1.82) is 0 Å². The molecule has 1 nitrogen and oxygen atoms in total. The molecule has 1 atom stereocenters. The van der Waals surface area contributed by atoms with Crippen LogP contribution in [-0.4, -0.2) is 17.8 Å². The molecule has 1 radical (unpaired) electrons. The second-order valence-electron chi connectivity index (χ2n) is 2.94. The molecule has 0 fully saturated rings. The standard InChI is InChI=1S/C9H18NS/c1-2-3-4-5-7-11-8-6-10-9-11/h7,9,11H,2-6,8H2,1H3. The van der Waals surface area contributed by atoms with Crippen LogP contribution in [0.5, 0.6) is 0 Å². The summed E-state index contributed by atoms with van der Waals surface area (Å²) in [6.07, 6.45) is 5.41. The van der Waals surface area contributed by atoms with Gasteiger partial charge in [0.05, 0.1) is 0 Å². The van der Waals surface area contributed by atoms with Crippen LogP contribution in [0.4, 0.5) is 0 Å². The van der Waals surface area contributed by atoms with Gasteiger partial charge >= 0.3 is 0 Å². The fraction of sp³-hybridized carbons (Fsp3) is 0.778. The van der Waals surface area contributed by atoms with Crippen molar-refractivity contribution in [3.8, 4) is 0 Å². The second-order valence-corrected chi connectivity index (χ2v) is 5.01. The Morgan fingerprint density at radius 3 is 3.09 bits per heavy atom. The van der Waals surface area contributed by atoms with Crippen LogP contribution in [0.15, 0.2) is 4.99 Å². The highest BCUT2D eigenvalue weighted by atomic mass is 32.2. The maximum absolute atomic E-state index is 4.24. The van der Waals surface area contributed by atoms with Crippen molar-refractivity contribution < 1.29 is 0 Å². The van der Waals surface area contributed by atoms with Gasteiger partial charge in [0.25, 0.3) is 0 Å². The number of unbranched alkanes of at least 4 members (excludes halogenated alkanes) is 3. The SMILES string of the molecule is CCCCC[CH][SH]1C=NCC1. The summed E-state index contributed by atoms with van der Waals surface area (Å²) >= 11 is 0. The Morgan fingerprint density at radius 2 is 2.45 bits per heavy atom. The highest BCUT2D eigenvalue weighted by molar-refractivity contribution is 8.30. The van der Waals surface area contributed by atoms with E-state index in [2.05, 4.69) is 23.2 Å². The van der Waals surface area contributed by atoms with Gasteiger partial charge in [0, 0.05) is 17.8 Å². The molecule has 0 saturated heterocycles. The quantitative estimate of drug-likeness (QED) is 0.483. The molecule has 0 aromatic carbocycles. The molecule has 2 heteroatoms. The van der Waals surface area contributed by atoms with Crippen molar-refractivity contribution in [2.24, 2.45) is 4.99 Å². The van der Waals surface area contributed by atoms with E-state index >= 15 is 0 Å². The van der Waals surface area contributed by atoms with E-state index in [0.717, 1.165) is 6.54 Å². The average Bonchev–Trinajstić information content (AvgIpc) is 2.50. The summed E-state index contributed by atoms with van der Waals surface area (Å²) in [5, 5.41) is 0. The van der Waals surface area contributed by atoms with Gasteiger partial charge in [-0.15, -0.1) is 0 Å². The zero-order chi connectivity index (χ0) is 7.94. The van der Waals surface area contributed by atoms with E-state index in [0.29, 0.717) is 0 Å². The highest BCUT2D eigenvalue weighted by Crippen LogP contribution is 2.31. The lowest BCUT2D eigenvalue weighted by atomic mass is 10.2. The fourth-order valence-corrected chi connectivity index (χ4v) is 2.76. The Bertz CT molecular complexity index is 123. The lowest BCUT2D eigenvalue weighted by Crippen LogP contribution is -1.86. The molecule has 0 saturated carbocycles. The summed E-state index contributed by atoms with van der Waals surface area (Å²) in [6.45, 7) is 3.33. The maximum atomic E-state index is 4.24.